The van der Waals surface area contributed by atoms with Gasteiger partial charge in [-0.25, -0.2) is 0 Å². The summed E-state index contributed by atoms with van der Waals surface area (Å²) in [5, 5.41) is 0. The predicted molar refractivity (Wildman–Crippen MR) is 42.3 cm³/mol. The molecule has 0 aromatic rings. The highest BCUT2D eigenvalue weighted by molar-refractivity contribution is 6.37. The van der Waals surface area contributed by atoms with Crippen molar-refractivity contribution >= 4 is 11.6 Å². The standard InChI is InChI=1S/C9H14O2/c10-8-6-4-2-1-3-5-7-9(8)11/h1-7H2. The van der Waals surface area contributed by atoms with Gasteiger partial charge >= 0.3 is 0 Å². The molecule has 2 nitrogen and oxygen atoms in total. The third kappa shape index (κ3) is 2.83. The summed E-state index contributed by atoms with van der Waals surface area (Å²) in [6.45, 7) is 0. The van der Waals surface area contributed by atoms with E-state index < -0.39 is 0 Å². The van der Waals surface area contributed by atoms with Gasteiger partial charge in [0.25, 0.3) is 0 Å². The summed E-state index contributed by atoms with van der Waals surface area (Å²) in [6, 6.07) is 0. The molecular weight excluding hydrogens is 140 g/mol. The summed E-state index contributed by atoms with van der Waals surface area (Å²) < 4.78 is 0. The van der Waals surface area contributed by atoms with E-state index in [-0.39, 0.29) is 11.6 Å². The van der Waals surface area contributed by atoms with E-state index in [1.807, 2.05) is 0 Å². The molecule has 1 fully saturated rings. The fourth-order valence-electron chi connectivity index (χ4n) is 1.38. The van der Waals surface area contributed by atoms with Crippen molar-refractivity contribution in [3.63, 3.8) is 0 Å². The lowest BCUT2D eigenvalue weighted by Gasteiger charge is -1.93. The third-order valence-electron chi connectivity index (χ3n) is 2.12. The molecule has 0 atom stereocenters. The zero-order valence-electron chi connectivity index (χ0n) is 6.77. The summed E-state index contributed by atoms with van der Waals surface area (Å²) in [5.41, 5.74) is 0. The largest absolute Gasteiger partial charge is 0.291 e. The van der Waals surface area contributed by atoms with Crippen LogP contribution < -0.4 is 0 Å². The molecular formula is C9H14O2. The van der Waals surface area contributed by atoms with E-state index in [1.165, 1.54) is 6.42 Å². The Kier molecular flexibility index (Phi) is 3.27. The Bertz CT molecular complexity index is 143. The van der Waals surface area contributed by atoms with E-state index in [9.17, 15) is 9.59 Å². The second kappa shape index (κ2) is 4.27. The quantitative estimate of drug-likeness (QED) is 0.499. The van der Waals surface area contributed by atoms with Crippen molar-refractivity contribution in [3.8, 4) is 0 Å². The van der Waals surface area contributed by atoms with Crippen LogP contribution in [-0.2, 0) is 9.59 Å². The molecule has 11 heavy (non-hydrogen) atoms. The summed E-state index contributed by atoms with van der Waals surface area (Å²) in [7, 11) is 0. The van der Waals surface area contributed by atoms with Crippen LogP contribution in [0.2, 0.25) is 0 Å². The number of Topliss-reactive ketones (excluding diaryl/α,β-unsaturated/α-hetero) is 2. The van der Waals surface area contributed by atoms with Gasteiger partial charge in [0.2, 0.25) is 0 Å². The maximum Gasteiger partial charge on any atom is 0.198 e. The smallest absolute Gasteiger partial charge is 0.198 e. The van der Waals surface area contributed by atoms with Crippen LogP contribution >= 0.6 is 0 Å². The molecule has 1 rings (SSSR count). The normalized spacial score (nSPS) is 22.2. The van der Waals surface area contributed by atoms with Gasteiger partial charge in [-0.2, -0.15) is 0 Å². The van der Waals surface area contributed by atoms with Crippen LogP contribution in [0.3, 0.4) is 0 Å². The van der Waals surface area contributed by atoms with Crippen LogP contribution in [0, 0.1) is 0 Å². The Balaban J connectivity index is 2.42. The Morgan fingerprint density at radius 3 is 1.45 bits per heavy atom. The number of rotatable bonds is 0. The molecule has 62 valence electrons. The topological polar surface area (TPSA) is 34.1 Å². The van der Waals surface area contributed by atoms with Gasteiger partial charge < -0.3 is 0 Å². The van der Waals surface area contributed by atoms with Gasteiger partial charge in [0.15, 0.2) is 11.6 Å². The second-order valence-electron chi connectivity index (χ2n) is 3.11. The summed E-state index contributed by atoms with van der Waals surface area (Å²) >= 11 is 0. The van der Waals surface area contributed by atoms with Crippen LogP contribution in [0.4, 0.5) is 0 Å². The fourth-order valence-corrected chi connectivity index (χ4v) is 1.38. The first-order chi connectivity index (χ1) is 5.30. The lowest BCUT2D eigenvalue weighted by molar-refractivity contribution is -0.136. The van der Waals surface area contributed by atoms with Crippen molar-refractivity contribution < 1.29 is 9.59 Å². The van der Waals surface area contributed by atoms with Crippen molar-refractivity contribution in [1.29, 1.82) is 0 Å². The average Bonchev–Trinajstić information content (AvgIpc) is 2.07. The molecule has 1 saturated carbocycles. The Morgan fingerprint density at radius 2 is 1.00 bits per heavy atom. The van der Waals surface area contributed by atoms with Crippen molar-refractivity contribution in [3.05, 3.63) is 0 Å². The molecule has 0 amide bonds. The van der Waals surface area contributed by atoms with E-state index in [0.29, 0.717) is 12.8 Å². The van der Waals surface area contributed by atoms with Gasteiger partial charge in [-0.15, -0.1) is 0 Å². The van der Waals surface area contributed by atoms with Crippen LogP contribution in [-0.4, -0.2) is 11.6 Å². The van der Waals surface area contributed by atoms with E-state index >= 15 is 0 Å². The third-order valence-corrected chi connectivity index (χ3v) is 2.12. The highest BCUT2D eigenvalue weighted by Gasteiger charge is 2.13. The van der Waals surface area contributed by atoms with Crippen LogP contribution in [0.5, 0.6) is 0 Å². The van der Waals surface area contributed by atoms with Gasteiger partial charge in [-0.1, -0.05) is 19.3 Å². The monoisotopic (exact) mass is 154 g/mol. The number of hydrogen-bond acceptors (Lipinski definition) is 2. The molecule has 0 aliphatic heterocycles. The zero-order chi connectivity index (χ0) is 8.10. The molecule has 0 radical (unpaired) electrons. The molecule has 0 unspecified atom stereocenters. The lowest BCUT2D eigenvalue weighted by Crippen LogP contribution is -2.12. The molecule has 0 bridgehead atoms. The molecule has 0 spiro atoms. The lowest BCUT2D eigenvalue weighted by atomic mass is 10.1. The van der Waals surface area contributed by atoms with E-state index in [0.717, 1.165) is 25.7 Å². The molecule has 0 aromatic heterocycles. The molecule has 0 aromatic carbocycles. The van der Waals surface area contributed by atoms with Gasteiger partial charge in [-0.05, 0) is 12.8 Å². The number of carbonyl (C=O) groups excluding carboxylic acids is 2. The Hall–Kier alpha value is -0.660. The van der Waals surface area contributed by atoms with Gasteiger partial charge in [0.1, 0.15) is 0 Å². The Labute approximate surface area is 67.0 Å². The summed E-state index contributed by atoms with van der Waals surface area (Å²) in [6.07, 6.45) is 6.19. The van der Waals surface area contributed by atoms with Crippen molar-refractivity contribution in [2.24, 2.45) is 0 Å². The maximum atomic E-state index is 11.0. The minimum atomic E-state index is -0.146. The Morgan fingerprint density at radius 1 is 0.636 bits per heavy atom. The molecule has 1 aliphatic rings. The van der Waals surface area contributed by atoms with Crippen molar-refractivity contribution in [1.82, 2.24) is 0 Å². The van der Waals surface area contributed by atoms with Crippen LogP contribution in [0.25, 0.3) is 0 Å². The van der Waals surface area contributed by atoms with Crippen LogP contribution in [0.1, 0.15) is 44.9 Å². The van der Waals surface area contributed by atoms with Crippen molar-refractivity contribution in [2.45, 2.75) is 44.9 Å². The maximum absolute atomic E-state index is 11.0. The predicted octanol–water partition coefficient (Wildman–Crippen LogP) is 1.87. The molecule has 0 heterocycles. The fraction of sp³-hybridized carbons (Fsp3) is 0.778. The summed E-state index contributed by atoms with van der Waals surface area (Å²) in [4.78, 5) is 21.9. The molecule has 0 N–H and O–H groups in total. The van der Waals surface area contributed by atoms with Gasteiger partial charge in [0.05, 0.1) is 0 Å². The van der Waals surface area contributed by atoms with E-state index in [1.54, 1.807) is 0 Å². The first kappa shape index (κ1) is 8.44. The highest BCUT2D eigenvalue weighted by Crippen LogP contribution is 2.11. The number of carbonyl (C=O) groups is 2. The number of ketones is 2. The average molecular weight is 154 g/mol. The molecule has 0 saturated heterocycles. The molecule has 1 aliphatic carbocycles. The summed E-state index contributed by atoms with van der Waals surface area (Å²) in [5.74, 6) is -0.293. The first-order valence-corrected chi connectivity index (χ1v) is 4.37. The van der Waals surface area contributed by atoms with Gasteiger partial charge in [0, 0.05) is 12.8 Å². The number of hydrogen-bond donors (Lipinski definition) is 0. The first-order valence-electron chi connectivity index (χ1n) is 4.37. The van der Waals surface area contributed by atoms with E-state index in [2.05, 4.69) is 0 Å². The molecule has 2 heteroatoms. The van der Waals surface area contributed by atoms with E-state index in [4.69, 9.17) is 0 Å². The highest BCUT2D eigenvalue weighted by atomic mass is 16.2. The van der Waals surface area contributed by atoms with Crippen LogP contribution in [0.15, 0.2) is 0 Å². The minimum Gasteiger partial charge on any atom is -0.291 e. The second-order valence-corrected chi connectivity index (χ2v) is 3.11. The minimum absolute atomic E-state index is 0.146. The zero-order valence-corrected chi connectivity index (χ0v) is 6.77. The SMILES string of the molecule is O=C1CCCCCCCC1=O. The van der Waals surface area contributed by atoms with Crippen molar-refractivity contribution in [2.75, 3.05) is 0 Å². The van der Waals surface area contributed by atoms with Gasteiger partial charge in [-0.3, -0.25) is 9.59 Å².